The molecule has 0 aliphatic heterocycles. The molecule has 0 saturated carbocycles. The van der Waals surface area contributed by atoms with Crippen LogP contribution in [-0.2, 0) is 19.4 Å². The van der Waals surface area contributed by atoms with Crippen LogP contribution in [0.1, 0.15) is 6.42 Å². The van der Waals surface area contributed by atoms with E-state index in [9.17, 15) is 13.2 Å². The van der Waals surface area contributed by atoms with Gasteiger partial charge in [0.25, 0.3) is 0 Å². The van der Waals surface area contributed by atoms with Crippen LogP contribution in [0, 0.1) is 0 Å². The van der Waals surface area contributed by atoms with Crippen molar-refractivity contribution in [1.82, 2.24) is 0 Å². The minimum absolute atomic E-state index is 0.0600. The van der Waals surface area contributed by atoms with Crippen LogP contribution >= 0.6 is 0 Å². The molecule has 0 aromatic carbocycles. The fourth-order valence-electron chi connectivity index (χ4n) is 0.747. The molecule has 0 spiro atoms. The predicted molar refractivity (Wildman–Crippen MR) is 49.3 cm³/mol. The van der Waals surface area contributed by atoms with Crippen LogP contribution in [0.4, 0.5) is 0 Å². The maximum absolute atomic E-state index is 10.9. The Labute approximate surface area is 81.6 Å². The fourth-order valence-corrected chi connectivity index (χ4v) is 1.40. The van der Waals surface area contributed by atoms with Crippen molar-refractivity contribution < 1.29 is 17.9 Å². The van der Waals surface area contributed by atoms with Gasteiger partial charge in [0.15, 0.2) is 0 Å². The van der Waals surface area contributed by atoms with Gasteiger partial charge in [0.2, 0.25) is 0 Å². The number of hydrogen-bond donors (Lipinski definition) is 0. The molecule has 1 atom stereocenters. The number of ether oxygens (including phenoxy) is 1. The number of carbonyl (C=O) groups excluding carboxylic acids is 1. The van der Waals surface area contributed by atoms with Crippen LogP contribution in [0.25, 0.3) is 10.4 Å². The van der Waals surface area contributed by atoms with Crippen LogP contribution in [0.15, 0.2) is 5.11 Å². The number of nitrogens with zero attached hydrogens (tertiary/aromatic N) is 3. The van der Waals surface area contributed by atoms with Crippen molar-refractivity contribution in [3.63, 3.8) is 0 Å². The highest BCUT2D eigenvalue weighted by Crippen LogP contribution is 2.03. The van der Waals surface area contributed by atoms with Crippen LogP contribution < -0.4 is 0 Å². The minimum atomic E-state index is -3.17. The zero-order valence-electron chi connectivity index (χ0n) is 7.87. The molecule has 0 fully saturated rings. The van der Waals surface area contributed by atoms with E-state index in [1.54, 1.807) is 0 Å². The average molecular weight is 221 g/mol. The number of methoxy groups -OCH3 is 1. The van der Waals surface area contributed by atoms with Gasteiger partial charge in [-0.3, -0.25) is 4.79 Å². The summed E-state index contributed by atoms with van der Waals surface area (Å²) in [7, 11) is -2.03. The van der Waals surface area contributed by atoms with E-state index in [0.717, 1.165) is 13.4 Å². The first-order valence-corrected chi connectivity index (χ1v) is 5.76. The number of azide groups is 1. The highest BCUT2D eigenvalue weighted by atomic mass is 32.2. The SMILES string of the molecule is COC(=O)[C@H](CCS(C)(=O)=O)N=[N+]=[N-]. The average Bonchev–Trinajstić information content (AvgIpc) is 2.09. The Morgan fingerprint density at radius 2 is 2.21 bits per heavy atom. The number of esters is 1. The third-order valence-electron chi connectivity index (χ3n) is 1.43. The van der Waals surface area contributed by atoms with E-state index in [0.29, 0.717) is 0 Å². The summed E-state index contributed by atoms with van der Waals surface area (Å²) in [5.41, 5.74) is 8.11. The zero-order valence-corrected chi connectivity index (χ0v) is 8.69. The van der Waals surface area contributed by atoms with E-state index in [4.69, 9.17) is 5.53 Å². The molecule has 0 bridgehead atoms. The Hall–Kier alpha value is -1.27. The maximum Gasteiger partial charge on any atom is 0.314 e. The second-order valence-electron chi connectivity index (χ2n) is 2.66. The smallest absolute Gasteiger partial charge is 0.314 e. The Morgan fingerprint density at radius 3 is 2.57 bits per heavy atom. The first-order chi connectivity index (χ1) is 6.40. The monoisotopic (exact) mass is 221 g/mol. The van der Waals surface area contributed by atoms with Crippen LogP contribution in [0.2, 0.25) is 0 Å². The molecule has 80 valence electrons. The summed E-state index contributed by atoms with van der Waals surface area (Å²) in [5, 5.41) is 3.14. The maximum atomic E-state index is 10.9. The highest BCUT2D eigenvalue weighted by Gasteiger charge is 2.19. The van der Waals surface area contributed by atoms with Crippen molar-refractivity contribution >= 4 is 15.8 Å². The third kappa shape index (κ3) is 5.39. The molecule has 0 aliphatic rings. The quantitative estimate of drug-likeness (QED) is 0.287. The van der Waals surface area contributed by atoms with Gasteiger partial charge in [0.1, 0.15) is 15.9 Å². The lowest BCUT2D eigenvalue weighted by Crippen LogP contribution is -2.22. The van der Waals surface area contributed by atoms with Gasteiger partial charge >= 0.3 is 5.97 Å². The van der Waals surface area contributed by atoms with Crippen LogP contribution in [-0.4, -0.2) is 39.5 Å². The number of hydrogen-bond acceptors (Lipinski definition) is 5. The van der Waals surface area contributed by atoms with Gasteiger partial charge in [-0.25, -0.2) is 8.42 Å². The number of rotatable bonds is 5. The molecule has 0 aromatic heterocycles. The van der Waals surface area contributed by atoms with Crippen molar-refractivity contribution in [2.24, 2.45) is 5.11 Å². The molecule has 0 saturated heterocycles. The van der Waals surface area contributed by atoms with E-state index < -0.39 is 21.8 Å². The van der Waals surface area contributed by atoms with Gasteiger partial charge in [-0.2, -0.15) is 0 Å². The molecular weight excluding hydrogens is 210 g/mol. The normalized spacial score (nSPS) is 12.7. The van der Waals surface area contributed by atoms with Crippen molar-refractivity contribution in [2.75, 3.05) is 19.1 Å². The van der Waals surface area contributed by atoms with Crippen molar-refractivity contribution in [3.05, 3.63) is 10.4 Å². The molecule has 0 N–H and O–H groups in total. The fraction of sp³-hybridized carbons (Fsp3) is 0.833. The summed E-state index contributed by atoms with van der Waals surface area (Å²) < 4.78 is 25.9. The molecule has 0 rings (SSSR count). The van der Waals surface area contributed by atoms with E-state index in [1.807, 2.05) is 0 Å². The summed E-state index contributed by atoms with van der Waals surface area (Å²) in [5.74, 6) is -0.947. The first kappa shape index (κ1) is 12.7. The molecule has 0 aromatic rings. The standard InChI is InChI=1S/C6H11N3O4S/c1-13-6(10)5(8-9-7)3-4-14(2,11)12/h5H,3-4H2,1-2H3/t5-/m0/s1. The van der Waals surface area contributed by atoms with Crippen LogP contribution in [0.5, 0.6) is 0 Å². The Balaban J connectivity index is 4.39. The summed E-state index contributed by atoms with van der Waals surface area (Å²) in [6, 6.07) is -1.07. The van der Waals surface area contributed by atoms with E-state index in [-0.39, 0.29) is 12.2 Å². The summed E-state index contributed by atoms with van der Waals surface area (Å²) >= 11 is 0. The molecule has 0 unspecified atom stereocenters. The zero-order chi connectivity index (χ0) is 11.2. The Bertz CT molecular complexity index is 344. The molecular formula is C6H11N3O4S. The van der Waals surface area contributed by atoms with Crippen LogP contribution in [0.3, 0.4) is 0 Å². The minimum Gasteiger partial charge on any atom is -0.469 e. The third-order valence-corrected chi connectivity index (χ3v) is 2.40. The van der Waals surface area contributed by atoms with E-state index in [2.05, 4.69) is 14.8 Å². The molecule has 8 heteroatoms. The van der Waals surface area contributed by atoms with Crippen molar-refractivity contribution in [3.8, 4) is 0 Å². The molecule has 0 radical (unpaired) electrons. The molecule has 0 aliphatic carbocycles. The molecule has 7 nitrogen and oxygen atoms in total. The second kappa shape index (κ2) is 5.46. The predicted octanol–water partition coefficient (Wildman–Crippen LogP) is 0.273. The Kier molecular flexibility index (Phi) is 4.96. The van der Waals surface area contributed by atoms with Gasteiger partial charge in [0, 0.05) is 11.2 Å². The first-order valence-electron chi connectivity index (χ1n) is 3.70. The van der Waals surface area contributed by atoms with Crippen molar-refractivity contribution in [2.45, 2.75) is 12.5 Å². The van der Waals surface area contributed by atoms with Gasteiger partial charge < -0.3 is 4.74 Å². The molecule has 0 amide bonds. The van der Waals surface area contributed by atoms with Gasteiger partial charge in [-0.1, -0.05) is 5.11 Å². The van der Waals surface area contributed by atoms with Gasteiger partial charge in [-0.15, -0.1) is 0 Å². The number of sulfone groups is 1. The van der Waals surface area contributed by atoms with E-state index in [1.165, 1.54) is 0 Å². The topological polar surface area (TPSA) is 109 Å². The number of carbonyl (C=O) groups is 1. The molecule has 0 heterocycles. The molecule has 14 heavy (non-hydrogen) atoms. The highest BCUT2D eigenvalue weighted by molar-refractivity contribution is 7.90. The second-order valence-corrected chi connectivity index (χ2v) is 4.92. The van der Waals surface area contributed by atoms with Gasteiger partial charge in [0.05, 0.1) is 12.9 Å². The Morgan fingerprint density at radius 1 is 1.64 bits per heavy atom. The summed E-state index contributed by atoms with van der Waals surface area (Å²) in [6.45, 7) is 0. The van der Waals surface area contributed by atoms with E-state index >= 15 is 0 Å². The summed E-state index contributed by atoms with van der Waals surface area (Å²) in [6.07, 6.45) is 0.979. The summed E-state index contributed by atoms with van der Waals surface area (Å²) in [4.78, 5) is 13.4. The van der Waals surface area contributed by atoms with Gasteiger partial charge in [-0.05, 0) is 12.0 Å². The largest absolute Gasteiger partial charge is 0.469 e. The lowest BCUT2D eigenvalue weighted by Gasteiger charge is -2.06. The lowest BCUT2D eigenvalue weighted by atomic mass is 10.2. The van der Waals surface area contributed by atoms with Crippen molar-refractivity contribution in [1.29, 1.82) is 0 Å². The lowest BCUT2D eigenvalue weighted by molar-refractivity contribution is -0.142.